The first-order valence-electron chi connectivity index (χ1n) is 5.39. The summed E-state index contributed by atoms with van der Waals surface area (Å²) >= 11 is 1.65. The molecule has 1 unspecified atom stereocenters. The highest BCUT2D eigenvalue weighted by molar-refractivity contribution is 7.88. The molecule has 2 heterocycles. The van der Waals surface area contributed by atoms with Crippen molar-refractivity contribution in [2.45, 2.75) is 19.3 Å². The Morgan fingerprint density at radius 3 is 3.06 bits per heavy atom. The predicted octanol–water partition coefficient (Wildman–Crippen LogP) is 1.36. The Labute approximate surface area is 100 Å². The largest absolute Gasteiger partial charge is 0.250 e. The maximum Gasteiger partial charge on any atom is 0.211 e. The molecule has 2 rings (SSSR count). The second-order valence-electron chi connectivity index (χ2n) is 4.26. The summed E-state index contributed by atoms with van der Waals surface area (Å²) in [6, 6.07) is 0. The van der Waals surface area contributed by atoms with Crippen LogP contribution in [0.15, 0.2) is 11.6 Å². The molecule has 1 fully saturated rings. The van der Waals surface area contributed by atoms with Crippen LogP contribution in [0.2, 0.25) is 0 Å². The SMILES string of the molecule is CS(=O)(=O)N1CCCC(Cc2nccs2)C1. The van der Waals surface area contributed by atoms with Gasteiger partial charge in [-0.1, -0.05) is 0 Å². The molecule has 1 saturated heterocycles. The van der Waals surface area contributed by atoms with Crippen LogP contribution in [0.1, 0.15) is 17.8 Å². The molecular formula is C10H16N2O2S2. The molecule has 6 heteroatoms. The van der Waals surface area contributed by atoms with Crippen LogP contribution in [0.4, 0.5) is 0 Å². The fraction of sp³-hybridized carbons (Fsp3) is 0.700. The first-order chi connectivity index (χ1) is 7.55. The minimum absolute atomic E-state index is 0.426. The third-order valence-electron chi connectivity index (χ3n) is 2.90. The fourth-order valence-electron chi connectivity index (χ4n) is 2.10. The molecule has 0 aromatic carbocycles. The molecule has 16 heavy (non-hydrogen) atoms. The summed E-state index contributed by atoms with van der Waals surface area (Å²) in [6.07, 6.45) is 6.06. The lowest BCUT2D eigenvalue weighted by Gasteiger charge is -2.30. The van der Waals surface area contributed by atoms with Gasteiger partial charge in [-0.25, -0.2) is 17.7 Å². The van der Waals surface area contributed by atoms with Crippen molar-refractivity contribution in [1.82, 2.24) is 9.29 Å². The molecule has 0 aliphatic carbocycles. The van der Waals surface area contributed by atoms with Crippen molar-refractivity contribution in [3.63, 3.8) is 0 Å². The summed E-state index contributed by atoms with van der Waals surface area (Å²) in [4.78, 5) is 4.25. The lowest BCUT2D eigenvalue weighted by atomic mass is 9.97. The number of nitrogens with zero attached hydrogens (tertiary/aromatic N) is 2. The van der Waals surface area contributed by atoms with Crippen molar-refractivity contribution in [2.24, 2.45) is 5.92 Å². The zero-order valence-electron chi connectivity index (χ0n) is 9.30. The average molecular weight is 260 g/mol. The van der Waals surface area contributed by atoms with Crippen LogP contribution in [-0.4, -0.2) is 37.1 Å². The van der Waals surface area contributed by atoms with E-state index in [2.05, 4.69) is 4.98 Å². The van der Waals surface area contributed by atoms with Crippen LogP contribution in [0, 0.1) is 5.92 Å². The van der Waals surface area contributed by atoms with Gasteiger partial charge in [-0.3, -0.25) is 0 Å². The predicted molar refractivity (Wildman–Crippen MR) is 65.0 cm³/mol. The van der Waals surface area contributed by atoms with Gasteiger partial charge in [0, 0.05) is 31.1 Å². The molecule has 1 aliphatic rings. The van der Waals surface area contributed by atoms with Crippen LogP contribution < -0.4 is 0 Å². The number of hydrogen-bond donors (Lipinski definition) is 0. The summed E-state index contributed by atoms with van der Waals surface area (Å²) in [5.41, 5.74) is 0. The van der Waals surface area contributed by atoms with Gasteiger partial charge in [0.15, 0.2) is 0 Å². The molecule has 90 valence electrons. The summed E-state index contributed by atoms with van der Waals surface area (Å²) in [5, 5.41) is 3.08. The van der Waals surface area contributed by atoms with Crippen LogP contribution in [0.3, 0.4) is 0 Å². The number of piperidine rings is 1. The van der Waals surface area contributed by atoms with Crippen LogP contribution in [0.25, 0.3) is 0 Å². The van der Waals surface area contributed by atoms with E-state index < -0.39 is 10.0 Å². The van der Waals surface area contributed by atoms with Crippen LogP contribution in [-0.2, 0) is 16.4 Å². The van der Waals surface area contributed by atoms with Crippen LogP contribution >= 0.6 is 11.3 Å². The maximum absolute atomic E-state index is 11.4. The molecule has 0 radical (unpaired) electrons. The van der Waals surface area contributed by atoms with Gasteiger partial charge in [0.25, 0.3) is 0 Å². The Morgan fingerprint density at radius 1 is 1.62 bits per heavy atom. The molecule has 0 amide bonds. The van der Waals surface area contributed by atoms with Crippen molar-refractivity contribution < 1.29 is 8.42 Å². The highest BCUT2D eigenvalue weighted by Gasteiger charge is 2.26. The van der Waals surface area contributed by atoms with Gasteiger partial charge < -0.3 is 0 Å². The van der Waals surface area contributed by atoms with Crippen molar-refractivity contribution in [1.29, 1.82) is 0 Å². The Bertz CT molecular complexity index is 428. The van der Waals surface area contributed by atoms with E-state index in [4.69, 9.17) is 0 Å². The summed E-state index contributed by atoms with van der Waals surface area (Å²) < 4.78 is 24.5. The molecule has 1 aliphatic heterocycles. The molecular weight excluding hydrogens is 244 g/mol. The Hall–Kier alpha value is -0.460. The van der Waals surface area contributed by atoms with Crippen molar-refractivity contribution in [3.05, 3.63) is 16.6 Å². The minimum Gasteiger partial charge on any atom is -0.250 e. The lowest BCUT2D eigenvalue weighted by Crippen LogP contribution is -2.39. The average Bonchev–Trinajstić information content (AvgIpc) is 2.70. The summed E-state index contributed by atoms with van der Waals surface area (Å²) in [7, 11) is -3.02. The Morgan fingerprint density at radius 2 is 2.44 bits per heavy atom. The van der Waals surface area contributed by atoms with E-state index in [0.29, 0.717) is 19.0 Å². The first kappa shape index (κ1) is 12.0. The van der Waals surface area contributed by atoms with Crippen molar-refractivity contribution in [3.8, 4) is 0 Å². The van der Waals surface area contributed by atoms with Gasteiger partial charge in [0.2, 0.25) is 10.0 Å². The highest BCUT2D eigenvalue weighted by atomic mass is 32.2. The fourth-order valence-corrected chi connectivity index (χ4v) is 3.77. The normalized spacial score (nSPS) is 23.4. The molecule has 0 saturated carbocycles. The van der Waals surface area contributed by atoms with Crippen molar-refractivity contribution in [2.75, 3.05) is 19.3 Å². The smallest absolute Gasteiger partial charge is 0.211 e. The molecule has 1 aromatic heterocycles. The molecule has 0 bridgehead atoms. The van der Waals surface area contributed by atoms with Gasteiger partial charge in [-0.2, -0.15) is 0 Å². The molecule has 1 atom stereocenters. The van der Waals surface area contributed by atoms with Gasteiger partial charge >= 0.3 is 0 Å². The topological polar surface area (TPSA) is 50.3 Å². The second kappa shape index (κ2) is 4.81. The third kappa shape index (κ3) is 3.02. The zero-order chi connectivity index (χ0) is 11.6. The Balaban J connectivity index is 1.97. The number of aromatic nitrogens is 1. The standard InChI is InChI=1S/C10H16N2O2S2/c1-16(13,14)12-5-2-3-9(8-12)7-10-11-4-6-15-10/h4,6,9H,2-3,5,7-8H2,1H3. The lowest BCUT2D eigenvalue weighted by molar-refractivity contribution is 0.266. The molecule has 0 spiro atoms. The van der Waals surface area contributed by atoms with Gasteiger partial charge in [-0.05, 0) is 18.8 Å². The third-order valence-corrected chi connectivity index (χ3v) is 4.97. The Kier molecular flexibility index (Phi) is 3.61. The monoisotopic (exact) mass is 260 g/mol. The minimum atomic E-state index is -3.02. The summed E-state index contributed by atoms with van der Waals surface area (Å²) in [6.45, 7) is 1.33. The van der Waals surface area contributed by atoms with Gasteiger partial charge in [-0.15, -0.1) is 11.3 Å². The van der Waals surface area contributed by atoms with Crippen LogP contribution in [0.5, 0.6) is 0 Å². The second-order valence-corrected chi connectivity index (χ2v) is 7.22. The van der Waals surface area contributed by atoms with E-state index in [1.807, 2.05) is 5.38 Å². The molecule has 0 N–H and O–H groups in total. The van der Waals surface area contributed by atoms with E-state index in [-0.39, 0.29) is 0 Å². The number of thiazole rings is 1. The number of rotatable bonds is 3. The quantitative estimate of drug-likeness (QED) is 0.824. The van der Waals surface area contributed by atoms with Gasteiger partial charge in [0.1, 0.15) is 0 Å². The summed E-state index contributed by atoms with van der Waals surface area (Å²) in [5.74, 6) is 0.426. The van der Waals surface area contributed by atoms with Gasteiger partial charge in [0.05, 0.1) is 11.3 Å². The number of sulfonamides is 1. The maximum atomic E-state index is 11.4. The first-order valence-corrected chi connectivity index (χ1v) is 8.12. The number of hydrogen-bond acceptors (Lipinski definition) is 4. The van der Waals surface area contributed by atoms with E-state index in [9.17, 15) is 8.42 Å². The van der Waals surface area contributed by atoms with E-state index in [0.717, 1.165) is 24.3 Å². The van der Waals surface area contributed by atoms with E-state index >= 15 is 0 Å². The van der Waals surface area contributed by atoms with Crippen molar-refractivity contribution >= 4 is 21.4 Å². The highest BCUT2D eigenvalue weighted by Crippen LogP contribution is 2.22. The van der Waals surface area contributed by atoms with E-state index in [1.54, 1.807) is 21.8 Å². The zero-order valence-corrected chi connectivity index (χ0v) is 10.9. The molecule has 4 nitrogen and oxygen atoms in total. The molecule has 1 aromatic rings. The van der Waals surface area contributed by atoms with E-state index in [1.165, 1.54) is 6.26 Å².